The zero-order valence-corrected chi connectivity index (χ0v) is 5.52. The van der Waals surface area contributed by atoms with Crippen LogP contribution in [0.15, 0.2) is 0 Å². The quantitative estimate of drug-likeness (QED) is 0.547. The highest BCUT2D eigenvalue weighted by molar-refractivity contribution is 9.42. The minimum Gasteiger partial charge on any atom is -0.281 e. The molecule has 0 aliphatic carbocycles. The van der Waals surface area contributed by atoms with Gasteiger partial charge in [-0.25, -0.2) is 0 Å². The van der Waals surface area contributed by atoms with Crippen LogP contribution < -0.4 is 5.50 Å². The van der Waals surface area contributed by atoms with E-state index >= 15 is 0 Å². The van der Waals surface area contributed by atoms with E-state index in [9.17, 15) is 0 Å². The van der Waals surface area contributed by atoms with Crippen LogP contribution in [0, 0.1) is 5.16 Å². The van der Waals surface area contributed by atoms with Crippen LogP contribution in [0.4, 0.5) is 0 Å². The van der Waals surface area contributed by atoms with Crippen molar-refractivity contribution in [1.82, 2.24) is 0 Å². The van der Waals surface area contributed by atoms with Crippen molar-refractivity contribution in [3.63, 3.8) is 0 Å². The van der Waals surface area contributed by atoms with Gasteiger partial charge in [0.05, 0.1) is 0 Å². The summed E-state index contributed by atoms with van der Waals surface area (Å²) in [6.07, 6.45) is 0. The van der Waals surface area contributed by atoms with Gasteiger partial charge in [-0.1, -0.05) is 0 Å². The molecule has 0 aromatic rings. The van der Waals surface area contributed by atoms with E-state index in [1.807, 2.05) is 0 Å². The Balaban J connectivity index is 3.47. The highest BCUT2D eigenvalue weighted by Gasteiger charge is 1.90. The lowest BCUT2D eigenvalue weighted by Gasteiger charge is -1.86. The Morgan fingerprint density at radius 2 is 2.00 bits per heavy atom. The second-order valence-electron chi connectivity index (χ2n) is 0.557. The van der Waals surface area contributed by atoms with Crippen molar-refractivity contribution in [3.8, 4) is 0 Å². The maximum atomic E-state index is 6.51. The molecule has 2 nitrogen and oxygen atoms in total. The molecular weight excluding hydrogens is 174 g/mol. The van der Waals surface area contributed by atoms with Gasteiger partial charge >= 0.3 is 0 Å². The number of halogens is 2. The van der Waals surface area contributed by atoms with Crippen molar-refractivity contribution in [2.24, 2.45) is 5.50 Å². The molecule has 0 bridgehead atoms. The van der Waals surface area contributed by atoms with Crippen LogP contribution >= 0.6 is 32.0 Å². The molecule has 0 amide bonds. The monoisotopic (exact) mass is 176 g/mol. The van der Waals surface area contributed by atoms with Gasteiger partial charge in [0, 0.05) is 0 Å². The fourth-order valence-electron chi connectivity index (χ4n) is 0. The van der Waals surface area contributed by atoms with E-state index in [1.54, 1.807) is 0 Å². The van der Waals surface area contributed by atoms with Gasteiger partial charge in [0.25, 0.3) is 0 Å². The molecule has 0 aliphatic rings. The van der Waals surface area contributed by atoms with Crippen LogP contribution in [0.3, 0.4) is 0 Å². The van der Waals surface area contributed by atoms with Gasteiger partial charge in [0.2, 0.25) is 0 Å². The van der Waals surface area contributed by atoms with E-state index in [1.165, 1.54) is 0 Å². The first-order valence-electron chi connectivity index (χ1n) is 0.820. The van der Waals surface area contributed by atoms with Crippen molar-refractivity contribution in [2.45, 2.75) is 0 Å². The minimum absolute atomic E-state index is 2.35. The Hall–Kier alpha value is 0.960. The summed E-state index contributed by atoms with van der Waals surface area (Å²) in [5.74, 6) is 0. The number of nitrogens with one attached hydrogen (secondary N) is 1. The normalized spacial score (nSPS) is 21.4. The second kappa shape index (κ2) is 1.61. The van der Waals surface area contributed by atoms with Crippen molar-refractivity contribution < 1.29 is 0 Å². The third kappa shape index (κ3) is 47.2. The van der Waals surface area contributed by atoms with E-state index in [-0.39, 0.29) is 0 Å². The van der Waals surface area contributed by atoms with Gasteiger partial charge in [-0.2, -0.15) is 0 Å². The first kappa shape index (κ1) is 5.96. The maximum Gasteiger partial charge on any atom is 0.173 e. The molecule has 0 saturated carbocycles. The van der Waals surface area contributed by atoms with Gasteiger partial charge in [-0.3, -0.25) is 10.7 Å². The highest BCUT2D eigenvalue weighted by atomic mass is 79.9. The summed E-state index contributed by atoms with van der Waals surface area (Å²) in [5.41, 5.74) is 4.81. The molecular formula is H3BrClN2P. The summed E-state index contributed by atoms with van der Waals surface area (Å²) in [4.78, 5) is 0. The first-order chi connectivity index (χ1) is 2.00. The molecule has 0 heterocycles. The number of rotatable bonds is 0. The zero-order chi connectivity index (χ0) is 4.50. The summed E-state index contributed by atoms with van der Waals surface area (Å²) in [7, 11) is 0. The topological polar surface area (TPSA) is 49.9 Å². The third-order valence-electron chi connectivity index (χ3n) is 0. The number of nitrogens with two attached hydrogens (primary N) is 1. The SMILES string of the molecule is N=P(N)(Cl)Br. The van der Waals surface area contributed by atoms with Gasteiger partial charge < -0.3 is 0 Å². The van der Waals surface area contributed by atoms with E-state index < -0.39 is 5.26 Å². The van der Waals surface area contributed by atoms with E-state index in [0.717, 1.165) is 0 Å². The van der Waals surface area contributed by atoms with Crippen molar-refractivity contribution in [3.05, 3.63) is 0 Å². The van der Waals surface area contributed by atoms with Gasteiger partial charge in [0.15, 0.2) is 5.26 Å². The Bertz CT molecular complexity index is 55.8. The lowest BCUT2D eigenvalue weighted by Crippen LogP contribution is -1.70. The molecule has 5 heavy (non-hydrogen) atoms. The Morgan fingerprint density at radius 3 is 2.00 bits per heavy atom. The highest BCUT2D eigenvalue weighted by Crippen LogP contribution is 2.51. The van der Waals surface area contributed by atoms with Crippen LogP contribution in [0.2, 0.25) is 0 Å². The lowest BCUT2D eigenvalue weighted by atomic mass is 13.9. The molecule has 0 fully saturated rings. The number of hydrogen-bond acceptors (Lipinski definition) is 1. The van der Waals surface area contributed by atoms with Gasteiger partial charge in [0.1, 0.15) is 0 Å². The third-order valence-corrected chi connectivity index (χ3v) is 0. The summed E-state index contributed by atoms with van der Waals surface area (Å²) < 4.78 is 0. The molecule has 1 unspecified atom stereocenters. The van der Waals surface area contributed by atoms with E-state index in [0.29, 0.717) is 0 Å². The lowest BCUT2D eigenvalue weighted by molar-refractivity contribution is 1.61. The summed E-state index contributed by atoms with van der Waals surface area (Å²) >= 11 is 7.70. The first-order valence-corrected chi connectivity index (χ1v) is 5.60. The van der Waals surface area contributed by atoms with Crippen LogP contribution in [0.25, 0.3) is 0 Å². The summed E-state index contributed by atoms with van der Waals surface area (Å²) in [5, 5.41) is 4.15. The van der Waals surface area contributed by atoms with Crippen LogP contribution in [-0.4, -0.2) is 0 Å². The Morgan fingerprint density at radius 1 is 2.00 bits per heavy atom. The maximum absolute atomic E-state index is 6.51. The molecule has 0 aromatic heterocycles. The van der Waals surface area contributed by atoms with Crippen LogP contribution in [0.5, 0.6) is 0 Å². The molecule has 0 aliphatic heterocycles. The summed E-state index contributed by atoms with van der Waals surface area (Å²) in [6.45, 7) is 0. The molecule has 32 valence electrons. The van der Waals surface area contributed by atoms with Crippen molar-refractivity contribution in [1.29, 1.82) is 5.16 Å². The van der Waals surface area contributed by atoms with Crippen molar-refractivity contribution in [2.75, 3.05) is 0 Å². The molecule has 0 saturated heterocycles. The fraction of sp³-hybridized carbons (Fsp3) is 0. The van der Waals surface area contributed by atoms with Crippen LogP contribution in [0.1, 0.15) is 0 Å². The molecule has 0 aromatic carbocycles. The predicted octanol–water partition coefficient (Wildman–Crippen LogP) is 2.10. The molecule has 0 radical (unpaired) electrons. The largest absolute Gasteiger partial charge is 0.281 e. The molecule has 5 heteroatoms. The molecule has 3 N–H and O–H groups in total. The van der Waals surface area contributed by atoms with E-state index in [4.69, 9.17) is 21.9 Å². The zero-order valence-electron chi connectivity index (χ0n) is 2.28. The van der Waals surface area contributed by atoms with Gasteiger partial charge in [-0.05, 0) is 26.7 Å². The molecule has 1 atom stereocenters. The Labute approximate surface area is 43.1 Å². The summed E-state index contributed by atoms with van der Waals surface area (Å²) in [6, 6.07) is 0. The van der Waals surface area contributed by atoms with Gasteiger partial charge in [-0.15, -0.1) is 0 Å². The standard InChI is InChI=1S/BrClH3N2P/c1-5(2,3)4/h(H3,3,4). The Kier molecular flexibility index (Phi) is 1.91. The minimum atomic E-state index is -2.35. The predicted molar refractivity (Wildman–Crippen MR) is 28.6 cm³/mol. The molecule has 0 rings (SSSR count). The molecule has 0 spiro atoms. The fourth-order valence-corrected chi connectivity index (χ4v) is 0. The average molecular weight is 177 g/mol. The smallest absolute Gasteiger partial charge is 0.173 e. The van der Waals surface area contributed by atoms with E-state index in [2.05, 4.69) is 15.5 Å². The average Bonchev–Trinajstić information content (AvgIpc) is 0.722. The van der Waals surface area contributed by atoms with Crippen LogP contribution in [-0.2, 0) is 0 Å². The van der Waals surface area contributed by atoms with Crippen molar-refractivity contribution >= 4 is 32.0 Å². The number of hydrogen-bond donors (Lipinski definition) is 2. The second-order valence-corrected chi connectivity index (χ2v) is 7.85.